The summed E-state index contributed by atoms with van der Waals surface area (Å²) in [6.07, 6.45) is 0.166. The average Bonchev–Trinajstić information content (AvgIpc) is 2.22. The van der Waals surface area contributed by atoms with E-state index in [1.807, 2.05) is 48.5 Å². The minimum absolute atomic E-state index is 0.00176. The van der Waals surface area contributed by atoms with Crippen LogP contribution in [0.3, 0.4) is 0 Å². The van der Waals surface area contributed by atoms with Crippen molar-refractivity contribution < 1.29 is 14.3 Å². The van der Waals surface area contributed by atoms with Gasteiger partial charge in [-0.05, 0) is 25.7 Å². The SMILES string of the molecule is CC(C)OC(=O)[C@@H](CC(=O)[C@@H](C)C(C)C)C(C)C. The molecule has 0 aromatic carbocycles. The van der Waals surface area contributed by atoms with Crippen molar-refractivity contribution in [3.05, 3.63) is 0 Å². The Morgan fingerprint density at radius 1 is 0.889 bits per heavy atom. The van der Waals surface area contributed by atoms with Gasteiger partial charge in [0.2, 0.25) is 0 Å². The van der Waals surface area contributed by atoms with Crippen LogP contribution < -0.4 is 0 Å². The fourth-order valence-corrected chi connectivity index (χ4v) is 1.69. The number of hydrogen-bond acceptors (Lipinski definition) is 3. The average molecular weight is 256 g/mol. The molecular formula is C15H28O3. The number of carbonyl (C=O) groups is 2. The lowest BCUT2D eigenvalue weighted by Crippen LogP contribution is -2.30. The number of hydrogen-bond donors (Lipinski definition) is 0. The van der Waals surface area contributed by atoms with E-state index in [4.69, 9.17) is 4.74 Å². The number of Topliss-reactive ketones (excluding diaryl/α,β-unsaturated/α-hetero) is 1. The summed E-state index contributed by atoms with van der Waals surface area (Å²) in [7, 11) is 0. The Morgan fingerprint density at radius 3 is 1.72 bits per heavy atom. The molecule has 0 saturated carbocycles. The molecule has 0 rings (SSSR count). The Kier molecular flexibility index (Phi) is 7.19. The van der Waals surface area contributed by atoms with Crippen LogP contribution in [0.5, 0.6) is 0 Å². The van der Waals surface area contributed by atoms with Crippen molar-refractivity contribution in [1.29, 1.82) is 0 Å². The van der Waals surface area contributed by atoms with Crippen molar-refractivity contribution >= 4 is 11.8 Å². The molecule has 3 heteroatoms. The molecule has 0 aromatic heterocycles. The minimum atomic E-state index is -0.318. The first-order valence-electron chi connectivity index (χ1n) is 6.90. The molecule has 0 spiro atoms. The van der Waals surface area contributed by atoms with E-state index in [-0.39, 0.29) is 35.6 Å². The highest BCUT2D eigenvalue weighted by molar-refractivity contribution is 5.86. The summed E-state index contributed by atoms with van der Waals surface area (Å²) in [5, 5.41) is 0. The molecular weight excluding hydrogens is 228 g/mol. The molecule has 0 radical (unpaired) electrons. The van der Waals surface area contributed by atoms with Crippen molar-refractivity contribution in [1.82, 2.24) is 0 Å². The molecule has 0 aliphatic heterocycles. The fourth-order valence-electron chi connectivity index (χ4n) is 1.69. The smallest absolute Gasteiger partial charge is 0.309 e. The zero-order valence-electron chi connectivity index (χ0n) is 12.8. The number of carbonyl (C=O) groups excluding carboxylic acids is 2. The number of esters is 1. The summed E-state index contributed by atoms with van der Waals surface area (Å²) in [6.45, 7) is 13.6. The van der Waals surface area contributed by atoms with Crippen molar-refractivity contribution in [2.75, 3.05) is 0 Å². The van der Waals surface area contributed by atoms with E-state index in [1.54, 1.807) is 0 Å². The molecule has 0 fully saturated rings. The van der Waals surface area contributed by atoms with Crippen LogP contribution in [0.25, 0.3) is 0 Å². The lowest BCUT2D eigenvalue weighted by molar-refractivity contribution is -0.155. The molecule has 18 heavy (non-hydrogen) atoms. The van der Waals surface area contributed by atoms with Gasteiger partial charge < -0.3 is 4.74 Å². The fraction of sp³-hybridized carbons (Fsp3) is 0.867. The molecule has 0 N–H and O–H groups in total. The molecule has 0 heterocycles. The van der Waals surface area contributed by atoms with Crippen molar-refractivity contribution in [3.8, 4) is 0 Å². The van der Waals surface area contributed by atoms with Crippen molar-refractivity contribution in [2.45, 2.75) is 61.0 Å². The summed E-state index contributed by atoms with van der Waals surface area (Å²) in [5.41, 5.74) is 0. The zero-order chi connectivity index (χ0) is 14.5. The molecule has 0 bridgehead atoms. The van der Waals surface area contributed by atoms with Crippen LogP contribution in [0, 0.1) is 23.7 Å². The Balaban J connectivity index is 4.64. The monoisotopic (exact) mass is 256 g/mol. The van der Waals surface area contributed by atoms with Gasteiger partial charge in [-0.15, -0.1) is 0 Å². The van der Waals surface area contributed by atoms with E-state index < -0.39 is 0 Å². The summed E-state index contributed by atoms with van der Waals surface area (Å²) in [4.78, 5) is 24.0. The molecule has 106 valence electrons. The molecule has 0 aliphatic rings. The second kappa shape index (κ2) is 7.55. The third-order valence-corrected chi connectivity index (χ3v) is 3.39. The summed E-state index contributed by atoms with van der Waals surface area (Å²) in [6, 6.07) is 0. The van der Waals surface area contributed by atoms with Gasteiger partial charge in [0.1, 0.15) is 5.78 Å². The van der Waals surface area contributed by atoms with Crippen LogP contribution in [0.1, 0.15) is 54.9 Å². The normalized spacial score (nSPS) is 15.0. The van der Waals surface area contributed by atoms with E-state index in [0.717, 1.165) is 0 Å². The Labute approximate surface area is 111 Å². The number of ether oxygens (including phenoxy) is 1. The van der Waals surface area contributed by atoms with E-state index in [0.29, 0.717) is 12.3 Å². The van der Waals surface area contributed by atoms with Gasteiger partial charge in [0.15, 0.2) is 0 Å². The highest BCUT2D eigenvalue weighted by atomic mass is 16.5. The van der Waals surface area contributed by atoms with Gasteiger partial charge in [-0.3, -0.25) is 9.59 Å². The first-order valence-corrected chi connectivity index (χ1v) is 6.90. The van der Waals surface area contributed by atoms with E-state index >= 15 is 0 Å². The largest absolute Gasteiger partial charge is 0.463 e. The predicted octanol–water partition coefficient (Wildman–Crippen LogP) is 3.46. The van der Waals surface area contributed by atoms with E-state index in [2.05, 4.69) is 0 Å². The minimum Gasteiger partial charge on any atom is -0.463 e. The van der Waals surface area contributed by atoms with E-state index in [1.165, 1.54) is 0 Å². The standard InChI is InChI=1S/C15H28O3/c1-9(2)12(7)14(16)8-13(10(3)4)15(17)18-11(5)6/h9-13H,8H2,1-7H3/t12-,13-/m0/s1. The van der Waals surface area contributed by atoms with Crippen LogP contribution in [0.2, 0.25) is 0 Å². The lowest BCUT2D eigenvalue weighted by Gasteiger charge is -2.22. The van der Waals surface area contributed by atoms with Crippen molar-refractivity contribution in [3.63, 3.8) is 0 Å². The molecule has 0 aliphatic carbocycles. The summed E-state index contributed by atoms with van der Waals surface area (Å²) in [5.74, 6) is 0.0268. The Bertz CT molecular complexity index is 279. The summed E-state index contributed by atoms with van der Waals surface area (Å²) >= 11 is 0. The van der Waals surface area contributed by atoms with Gasteiger partial charge in [-0.25, -0.2) is 0 Å². The molecule has 0 unspecified atom stereocenters. The van der Waals surface area contributed by atoms with Crippen LogP contribution >= 0.6 is 0 Å². The van der Waals surface area contributed by atoms with Gasteiger partial charge in [-0.1, -0.05) is 34.6 Å². The third kappa shape index (κ3) is 5.65. The second-order valence-corrected chi connectivity index (χ2v) is 6.04. The van der Waals surface area contributed by atoms with Crippen molar-refractivity contribution in [2.24, 2.45) is 23.7 Å². The number of ketones is 1. The molecule has 2 atom stereocenters. The first-order chi connectivity index (χ1) is 8.16. The van der Waals surface area contributed by atoms with Gasteiger partial charge in [-0.2, -0.15) is 0 Å². The van der Waals surface area contributed by atoms with Crippen LogP contribution in [0.4, 0.5) is 0 Å². The number of rotatable bonds is 7. The molecule has 0 saturated heterocycles. The Hall–Kier alpha value is -0.860. The topological polar surface area (TPSA) is 43.4 Å². The highest BCUT2D eigenvalue weighted by Crippen LogP contribution is 2.22. The van der Waals surface area contributed by atoms with Gasteiger partial charge >= 0.3 is 5.97 Å². The molecule has 3 nitrogen and oxygen atoms in total. The maximum absolute atomic E-state index is 12.1. The highest BCUT2D eigenvalue weighted by Gasteiger charge is 2.29. The maximum atomic E-state index is 12.1. The second-order valence-electron chi connectivity index (χ2n) is 6.04. The predicted molar refractivity (Wildman–Crippen MR) is 73.2 cm³/mol. The van der Waals surface area contributed by atoms with Gasteiger partial charge in [0.05, 0.1) is 12.0 Å². The van der Waals surface area contributed by atoms with Crippen LogP contribution in [-0.2, 0) is 14.3 Å². The quantitative estimate of drug-likeness (QED) is 0.655. The third-order valence-electron chi connectivity index (χ3n) is 3.39. The van der Waals surface area contributed by atoms with Gasteiger partial charge in [0.25, 0.3) is 0 Å². The molecule has 0 aromatic rings. The first kappa shape index (κ1) is 17.1. The van der Waals surface area contributed by atoms with Crippen LogP contribution in [0.15, 0.2) is 0 Å². The maximum Gasteiger partial charge on any atom is 0.309 e. The van der Waals surface area contributed by atoms with Gasteiger partial charge in [0, 0.05) is 12.3 Å². The summed E-state index contributed by atoms with van der Waals surface area (Å²) < 4.78 is 5.22. The van der Waals surface area contributed by atoms with Crippen LogP contribution in [-0.4, -0.2) is 17.9 Å². The molecule has 0 amide bonds. The lowest BCUT2D eigenvalue weighted by atomic mass is 9.84. The Morgan fingerprint density at radius 2 is 1.39 bits per heavy atom. The zero-order valence-corrected chi connectivity index (χ0v) is 12.8. The van der Waals surface area contributed by atoms with E-state index in [9.17, 15) is 9.59 Å².